The molecule has 2 aromatic carbocycles. The molecular weight excluding hydrogens is 262 g/mol. The largest absolute Gasteiger partial charge is 0.497 e. The van der Waals surface area contributed by atoms with E-state index in [1.165, 1.54) is 5.56 Å². The van der Waals surface area contributed by atoms with Crippen LogP contribution in [0.4, 0.5) is 5.69 Å². The van der Waals surface area contributed by atoms with Crippen molar-refractivity contribution >= 4 is 11.5 Å². The van der Waals surface area contributed by atoms with Crippen LogP contribution in [0.2, 0.25) is 0 Å². The monoisotopic (exact) mass is 283 g/mol. The van der Waals surface area contributed by atoms with Crippen molar-refractivity contribution in [3.63, 3.8) is 0 Å². The van der Waals surface area contributed by atoms with Crippen LogP contribution in [-0.4, -0.2) is 26.5 Å². The van der Waals surface area contributed by atoms with E-state index >= 15 is 0 Å². The maximum Gasteiger partial charge on any atom is 0.122 e. The van der Waals surface area contributed by atoms with Crippen LogP contribution >= 0.6 is 0 Å². The number of likely N-dealkylation sites (N-methyl/N-ethyl adjacent to an activating group) is 1. The summed E-state index contributed by atoms with van der Waals surface area (Å²) in [7, 11) is 3.72. The third-order valence-corrected chi connectivity index (χ3v) is 3.49. The van der Waals surface area contributed by atoms with Crippen LogP contribution in [-0.2, 0) is 6.42 Å². The first-order valence-electron chi connectivity index (χ1n) is 6.88. The minimum Gasteiger partial charge on any atom is -0.497 e. The molecule has 2 rings (SSSR count). The summed E-state index contributed by atoms with van der Waals surface area (Å²) in [6.07, 6.45) is 0.949. The summed E-state index contributed by atoms with van der Waals surface area (Å²) >= 11 is 0. The summed E-state index contributed by atoms with van der Waals surface area (Å²) in [6.45, 7) is 0.897. The molecule has 4 heteroatoms. The number of nitrogens with two attached hydrogens (primary N) is 1. The molecule has 0 aromatic heterocycles. The molecule has 0 aliphatic heterocycles. The van der Waals surface area contributed by atoms with Crippen molar-refractivity contribution in [2.75, 3.05) is 25.6 Å². The number of benzene rings is 2. The molecule has 0 heterocycles. The Morgan fingerprint density at radius 2 is 1.90 bits per heavy atom. The van der Waals surface area contributed by atoms with E-state index in [-0.39, 0.29) is 5.84 Å². The maximum absolute atomic E-state index is 7.50. The second kappa shape index (κ2) is 6.79. The topological polar surface area (TPSA) is 62.3 Å². The van der Waals surface area contributed by atoms with Gasteiger partial charge in [-0.3, -0.25) is 5.41 Å². The van der Waals surface area contributed by atoms with Crippen molar-refractivity contribution in [3.05, 3.63) is 59.7 Å². The Morgan fingerprint density at radius 3 is 2.52 bits per heavy atom. The normalized spacial score (nSPS) is 10.2. The molecule has 0 unspecified atom stereocenters. The number of anilines is 1. The average Bonchev–Trinajstić information content (AvgIpc) is 2.53. The van der Waals surface area contributed by atoms with Crippen molar-refractivity contribution in [3.8, 4) is 5.75 Å². The molecule has 0 spiro atoms. The van der Waals surface area contributed by atoms with Crippen molar-refractivity contribution in [1.29, 1.82) is 5.41 Å². The van der Waals surface area contributed by atoms with Gasteiger partial charge in [0.05, 0.1) is 7.11 Å². The highest BCUT2D eigenvalue weighted by Gasteiger charge is 2.04. The van der Waals surface area contributed by atoms with Crippen LogP contribution in [0, 0.1) is 5.41 Å². The SMILES string of the molecule is COc1ccc(CCN(C)c2cccc(C(=N)N)c2)cc1. The number of nitrogens with one attached hydrogen (secondary N) is 1. The third kappa shape index (κ3) is 3.99. The molecule has 2 aromatic rings. The quantitative estimate of drug-likeness (QED) is 0.633. The summed E-state index contributed by atoms with van der Waals surface area (Å²) in [4.78, 5) is 2.16. The Morgan fingerprint density at radius 1 is 1.19 bits per heavy atom. The summed E-state index contributed by atoms with van der Waals surface area (Å²) in [5.74, 6) is 0.974. The lowest BCUT2D eigenvalue weighted by Crippen LogP contribution is -2.21. The number of nitrogen functional groups attached to an aromatic ring is 1. The smallest absolute Gasteiger partial charge is 0.122 e. The van der Waals surface area contributed by atoms with E-state index < -0.39 is 0 Å². The zero-order valence-electron chi connectivity index (χ0n) is 12.5. The molecule has 110 valence electrons. The number of nitrogens with zero attached hydrogens (tertiary/aromatic N) is 1. The lowest BCUT2D eigenvalue weighted by Gasteiger charge is -2.20. The lowest BCUT2D eigenvalue weighted by molar-refractivity contribution is 0.414. The van der Waals surface area contributed by atoms with Gasteiger partial charge in [0.15, 0.2) is 0 Å². The van der Waals surface area contributed by atoms with Crippen LogP contribution in [0.1, 0.15) is 11.1 Å². The number of ether oxygens (including phenoxy) is 1. The number of hydrogen-bond acceptors (Lipinski definition) is 3. The molecule has 3 N–H and O–H groups in total. The molecule has 0 saturated carbocycles. The molecule has 0 aliphatic rings. The second-order valence-electron chi connectivity index (χ2n) is 4.98. The Kier molecular flexibility index (Phi) is 4.82. The Bertz CT molecular complexity index is 608. The molecule has 0 fully saturated rings. The standard InChI is InChI=1S/C17H21N3O/c1-20(15-5-3-4-14(12-15)17(18)19)11-10-13-6-8-16(21-2)9-7-13/h3-9,12H,10-11H2,1-2H3,(H3,18,19). The summed E-state index contributed by atoms with van der Waals surface area (Å²) in [5, 5.41) is 7.50. The van der Waals surface area contributed by atoms with E-state index in [4.69, 9.17) is 15.9 Å². The van der Waals surface area contributed by atoms with Gasteiger partial charge in [-0.2, -0.15) is 0 Å². The molecule has 0 amide bonds. The molecule has 0 aliphatic carbocycles. The van der Waals surface area contributed by atoms with Gasteiger partial charge in [0.25, 0.3) is 0 Å². The minimum atomic E-state index is 0.0976. The minimum absolute atomic E-state index is 0.0976. The van der Waals surface area contributed by atoms with Crippen molar-refractivity contribution in [2.24, 2.45) is 5.73 Å². The highest BCUT2D eigenvalue weighted by atomic mass is 16.5. The van der Waals surface area contributed by atoms with E-state index in [0.717, 1.165) is 30.0 Å². The number of methoxy groups -OCH3 is 1. The van der Waals surface area contributed by atoms with Crippen molar-refractivity contribution < 1.29 is 4.74 Å². The number of amidine groups is 1. The predicted octanol–water partition coefficient (Wildman–Crippen LogP) is 2.66. The third-order valence-electron chi connectivity index (χ3n) is 3.49. The zero-order valence-corrected chi connectivity index (χ0v) is 12.5. The van der Waals surface area contributed by atoms with E-state index in [1.807, 2.05) is 43.4 Å². The number of rotatable bonds is 6. The van der Waals surface area contributed by atoms with E-state index in [9.17, 15) is 0 Å². The van der Waals surface area contributed by atoms with Crippen LogP contribution in [0.5, 0.6) is 5.75 Å². The van der Waals surface area contributed by atoms with Crippen molar-refractivity contribution in [1.82, 2.24) is 0 Å². The molecule has 0 saturated heterocycles. The van der Waals surface area contributed by atoms with Gasteiger partial charge in [0.2, 0.25) is 0 Å². The van der Waals surface area contributed by atoms with Crippen LogP contribution in [0.25, 0.3) is 0 Å². The molecule has 0 radical (unpaired) electrons. The average molecular weight is 283 g/mol. The fourth-order valence-electron chi connectivity index (χ4n) is 2.13. The van der Waals surface area contributed by atoms with Crippen LogP contribution in [0.3, 0.4) is 0 Å². The van der Waals surface area contributed by atoms with E-state index in [2.05, 4.69) is 17.0 Å². The fourth-order valence-corrected chi connectivity index (χ4v) is 2.13. The maximum atomic E-state index is 7.50. The molecule has 0 bridgehead atoms. The van der Waals surface area contributed by atoms with Gasteiger partial charge in [0.1, 0.15) is 11.6 Å². The van der Waals surface area contributed by atoms with E-state index in [1.54, 1.807) is 7.11 Å². The Labute approximate surface area is 125 Å². The highest BCUT2D eigenvalue weighted by molar-refractivity contribution is 5.95. The first kappa shape index (κ1) is 14.9. The van der Waals surface area contributed by atoms with Crippen LogP contribution in [0.15, 0.2) is 48.5 Å². The highest BCUT2D eigenvalue weighted by Crippen LogP contribution is 2.16. The molecule has 4 nitrogen and oxygen atoms in total. The Hall–Kier alpha value is -2.49. The Balaban J connectivity index is 1.99. The first-order chi connectivity index (χ1) is 10.1. The summed E-state index contributed by atoms with van der Waals surface area (Å²) < 4.78 is 5.16. The zero-order chi connectivity index (χ0) is 15.2. The van der Waals surface area contributed by atoms with Gasteiger partial charge in [-0.25, -0.2) is 0 Å². The van der Waals surface area contributed by atoms with E-state index in [0.29, 0.717) is 0 Å². The van der Waals surface area contributed by atoms with Gasteiger partial charge >= 0.3 is 0 Å². The molecule has 21 heavy (non-hydrogen) atoms. The predicted molar refractivity (Wildman–Crippen MR) is 87.4 cm³/mol. The molecular formula is C17H21N3O. The van der Waals surface area contributed by atoms with Crippen LogP contribution < -0.4 is 15.4 Å². The van der Waals surface area contributed by atoms with Gasteiger partial charge in [-0.05, 0) is 36.2 Å². The fraction of sp³-hybridized carbons (Fsp3) is 0.235. The summed E-state index contributed by atoms with van der Waals surface area (Å²) in [5.41, 5.74) is 8.62. The van der Waals surface area contributed by atoms with Crippen molar-refractivity contribution in [2.45, 2.75) is 6.42 Å². The molecule has 0 atom stereocenters. The first-order valence-corrected chi connectivity index (χ1v) is 6.88. The second-order valence-corrected chi connectivity index (χ2v) is 4.98. The summed E-state index contributed by atoms with van der Waals surface area (Å²) in [6, 6.07) is 15.9. The van der Waals surface area contributed by atoms with Gasteiger partial charge in [-0.15, -0.1) is 0 Å². The van der Waals surface area contributed by atoms with Gasteiger partial charge in [0, 0.05) is 24.8 Å². The lowest BCUT2D eigenvalue weighted by atomic mass is 10.1. The van der Waals surface area contributed by atoms with Gasteiger partial charge in [-0.1, -0.05) is 24.3 Å². The number of hydrogen-bond donors (Lipinski definition) is 2. The van der Waals surface area contributed by atoms with Gasteiger partial charge < -0.3 is 15.4 Å².